The van der Waals surface area contributed by atoms with E-state index < -0.39 is 0 Å². The molecule has 1 aliphatic heterocycles. The van der Waals surface area contributed by atoms with E-state index in [2.05, 4.69) is 30.0 Å². The number of carbonyl (C=O) groups excluding carboxylic acids is 2. The number of benzene rings is 2. The van der Waals surface area contributed by atoms with E-state index in [0.29, 0.717) is 12.3 Å². The minimum atomic E-state index is -0.352. The van der Waals surface area contributed by atoms with Crippen molar-refractivity contribution in [3.8, 4) is 5.75 Å². The molecule has 0 N–H and O–H groups in total. The normalized spacial score (nSPS) is 14.5. The lowest BCUT2D eigenvalue weighted by molar-refractivity contribution is -0.131. The van der Waals surface area contributed by atoms with E-state index in [1.165, 1.54) is 12.5 Å². The van der Waals surface area contributed by atoms with Crippen molar-refractivity contribution in [2.24, 2.45) is 0 Å². The van der Waals surface area contributed by atoms with Gasteiger partial charge in [0.25, 0.3) is 0 Å². The van der Waals surface area contributed by atoms with Gasteiger partial charge in [-0.05, 0) is 31.5 Å². The number of nitrogens with zero attached hydrogens (tertiary/aromatic N) is 1. The number of ether oxygens (including phenoxy) is 1. The highest BCUT2D eigenvalue weighted by Gasteiger charge is 2.26. The van der Waals surface area contributed by atoms with Crippen LogP contribution >= 0.6 is 11.8 Å². The molecule has 0 radical (unpaired) electrons. The molecule has 3 rings (SSSR count). The first-order valence-corrected chi connectivity index (χ1v) is 8.79. The molecule has 128 valence electrons. The fraction of sp³-hybridized carbons (Fsp3) is 0.200. The predicted octanol–water partition coefficient (Wildman–Crippen LogP) is 4.46. The largest absolute Gasteiger partial charge is 0.427 e. The molecule has 0 atom stereocenters. The Labute approximate surface area is 151 Å². The van der Waals surface area contributed by atoms with Crippen molar-refractivity contribution in [1.82, 2.24) is 0 Å². The van der Waals surface area contributed by atoms with Gasteiger partial charge in [0.1, 0.15) is 5.75 Å². The first-order chi connectivity index (χ1) is 11.9. The summed E-state index contributed by atoms with van der Waals surface area (Å²) in [5, 5.41) is 0.879. The molecule has 4 nitrogen and oxygen atoms in total. The van der Waals surface area contributed by atoms with Gasteiger partial charge >= 0.3 is 5.97 Å². The molecular formula is C20H19NO3S. The number of anilines is 1. The van der Waals surface area contributed by atoms with Gasteiger partial charge in [-0.15, -0.1) is 0 Å². The van der Waals surface area contributed by atoms with Crippen LogP contribution < -0.4 is 9.64 Å². The number of hydrogen-bond donors (Lipinski definition) is 0. The zero-order valence-electron chi connectivity index (χ0n) is 14.4. The van der Waals surface area contributed by atoms with Crippen molar-refractivity contribution in [3.63, 3.8) is 0 Å². The summed E-state index contributed by atoms with van der Waals surface area (Å²) in [6.07, 6.45) is 1.64. The number of fused-ring (bicyclic) bond motifs is 1. The van der Waals surface area contributed by atoms with Gasteiger partial charge in [0.05, 0.1) is 10.7 Å². The van der Waals surface area contributed by atoms with Crippen molar-refractivity contribution < 1.29 is 14.3 Å². The molecule has 2 aromatic rings. The van der Waals surface area contributed by atoms with E-state index in [9.17, 15) is 9.59 Å². The molecule has 0 aliphatic carbocycles. The first-order valence-electron chi connectivity index (χ1n) is 7.98. The fourth-order valence-corrected chi connectivity index (χ4v) is 3.88. The average Bonchev–Trinajstić information content (AvgIpc) is 2.83. The summed E-state index contributed by atoms with van der Waals surface area (Å²) in [7, 11) is 0. The average molecular weight is 353 g/mol. The van der Waals surface area contributed by atoms with Gasteiger partial charge < -0.3 is 9.64 Å². The molecule has 0 saturated heterocycles. The van der Waals surface area contributed by atoms with E-state index in [0.717, 1.165) is 21.2 Å². The van der Waals surface area contributed by atoms with Crippen molar-refractivity contribution in [2.45, 2.75) is 32.2 Å². The molecule has 0 saturated carbocycles. The van der Waals surface area contributed by atoms with Gasteiger partial charge in [-0.2, -0.15) is 0 Å². The monoisotopic (exact) mass is 353 g/mol. The van der Waals surface area contributed by atoms with Crippen molar-refractivity contribution >= 4 is 29.2 Å². The Balaban J connectivity index is 1.99. The highest BCUT2D eigenvalue weighted by molar-refractivity contribution is 8.03. The van der Waals surface area contributed by atoms with Crippen LogP contribution in [-0.4, -0.2) is 11.8 Å². The Morgan fingerprint density at radius 2 is 1.96 bits per heavy atom. The summed E-state index contributed by atoms with van der Waals surface area (Å²) in [6.45, 7) is 5.63. The van der Waals surface area contributed by atoms with Crippen molar-refractivity contribution in [3.05, 3.63) is 64.7 Å². The standard InChI is InChI=1S/C20H19NO3S/c1-13-5-4-6-16(9-13)12-21-18-11-17(24-15(3)23)7-8-19(18)25-20(21)10-14(2)22/h4-11H,12H2,1-3H3. The van der Waals surface area contributed by atoms with Gasteiger partial charge in [-0.3, -0.25) is 9.59 Å². The van der Waals surface area contributed by atoms with E-state index in [1.807, 2.05) is 18.2 Å². The van der Waals surface area contributed by atoms with Gasteiger partial charge in [-0.25, -0.2) is 0 Å². The zero-order chi connectivity index (χ0) is 18.0. The van der Waals surface area contributed by atoms with E-state index in [4.69, 9.17) is 4.74 Å². The molecular weight excluding hydrogens is 334 g/mol. The smallest absolute Gasteiger partial charge is 0.308 e. The fourth-order valence-electron chi connectivity index (χ4n) is 2.75. The van der Waals surface area contributed by atoms with Crippen LogP contribution in [0.4, 0.5) is 5.69 Å². The molecule has 0 spiro atoms. The van der Waals surface area contributed by atoms with Crippen LogP contribution in [0.3, 0.4) is 0 Å². The lowest BCUT2D eigenvalue weighted by Crippen LogP contribution is -2.18. The second-order valence-electron chi connectivity index (χ2n) is 5.99. The maximum Gasteiger partial charge on any atom is 0.308 e. The summed E-state index contributed by atoms with van der Waals surface area (Å²) < 4.78 is 5.21. The Morgan fingerprint density at radius 3 is 2.64 bits per heavy atom. The van der Waals surface area contributed by atoms with Gasteiger partial charge in [-0.1, -0.05) is 41.6 Å². The lowest BCUT2D eigenvalue weighted by Gasteiger charge is -2.21. The van der Waals surface area contributed by atoms with Crippen molar-refractivity contribution in [1.29, 1.82) is 0 Å². The van der Waals surface area contributed by atoms with Crippen LogP contribution in [0.1, 0.15) is 25.0 Å². The molecule has 1 aliphatic rings. The van der Waals surface area contributed by atoms with E-state index in [1.54, 1.807) is 30.8 Å². The zero-order valence-corrected chi connectivity index (χ0v) is 15.2. The van der Waals surface area contributed by atoms with Gasteiger partial charge in [0.2, 0.25) is 0 Å². The number of ketones is 1. The quantitative estimate of drug-likeness (QED) is 0.461. The number of carbonyl (C=O) groups is 2. The highest BCUT2D eigenvalue weighted by Crippen LogP contribution is 2.48. The molecule has 25 heavy (non-hydrogen) atoms. The van der Waals surface area contributed by atoms with Crippen LogP contribution in [-0.2, 0) is 16.1 Å². The Kier molecular flexibility index (Phi) is 4.95. The Morgan fingerprint density at radius 1 is 1.16 bits per heavy atom. The summed E-state index contributed by atoms with van der Waals surface area (Å²) in [5.41, 5.74) is 3.29. The van der Waals surface area contributed by atoms with Crippen LogP contribution in [0.5, 0.6) is 5.75 Å². The second-order valence-corrected chi connectivity index (χ2v) is 7.06. The third kappa shape index (κ3) is 4.12. The summed E-state index contributed by atoms with van der Waals surface area (Å²) in [5.74, 6) is 0.158. The van der Waals surface area contributed by atoms with Crippen LogP contribution in [0, 0.1) is 6.92 Å². The maximum absolute atomic E-state index is 11.6. The number of esters is 1. The van der Waals surface area contributed by atoms with Gasteiger partial charge in [0.15, 0.2) is 5.78 Å². The summed E-state index contributed by atoms with van der Waals surface area (Å²) in [4.78, 5) is 26.0. The Bertz CT molecular complexity index is 873. The predicted molar refractivity (Wildman–Crippen MR) is 99.7 cm³/mol. The molecule has 0 amide bonds. The molecule has 2 aromatic carbocycles. The number of rotatable bonds is 4. The van der Waals surface area contributed by atoms with Gasteiger partial charge in [0, 0.05) is 30.5 Å². The highest BCUT2D eigenvalue weighted by atomic mass is 32.2. The Hall–Kier alpha value is -2.53. The SMILES string of the molecule is CC(=O)C=C1Sc2ccc(OC(C)=O)cc2N1Cc1cccc(C)c1. The van der Waals surface area contributed by atoms with E-state index in [-0.39, 0.29) is 11.8 Å². The molecule has 0 fully saturated rings. The number of allylic oxidation sites excluding steroid dienone is 1. The maximum atomic E-state index is 11.6. The van der Waals surface area contributed by atoms with Crippen LogP contribution in [0.15, 0.2) is 58.5 Å². The number of hydrogen-bond acceptors (Lipinski definition) is 5. The number of aryl methyl sites for hydroxylation is 1. The molecule has 0 unspecified atom stereocenters. The third-order valence-electron chi connectivity index (χ3n) is 3.71. The molecule has 0 aromatic heterocycles. The topological polar surface area (TPSA) is 46.6 Å². The molecule has 5 heteroatoms. The minimum absolute atomic E-state index is 0.00441. The minimum Gasteiger partial charge on any atom is -0.427 e. The van der Waals surface area contributed by atoms with Crippen LogP contribution in [0.2, 0.25) is 0 Å². The molecule has 0 bridgehead atoms. The van der Waals surface area contributed by atoms with E-state index >= 15 is 0 Å². The molecule has 1 heterocycles. The van der Waals surface area contributed by atoms with Crippen molar-refractivity contribution in [2.75, 3.05) is 4.90 Å². The first kappa shape index (κ1) is 17.3. The summed E-state index contributed by atoms with van der Waals surface area (Å²) in [6, 6.07) is 13.8. The summed E-state index contributed by atoms with van der Waals surface area (Å²) >= 11 is 1.55. The lowest BCUT2D eigenvalue weighted by atomic mass is 10.1. The van der Waals surface area contributed by atoms with Crippen LogP contribution in [0.25, 0.3) is 0 Å². The third-order valence-corrected chi connectivity index (χ3v) is 4.83. The second kappa shape index (κ2) is 7.15. The number of thioether (sulfide) groups is 1.